The average Bonchev–Trinajstić information content (AvgIpc) is 3.20. The molecule has 3 rings (SSSR count). The molecule has 3 heterocycles. The molecule has 2 N–H and O–H groups in total. The van der Waals surface area contributed by atoms with Crippen LogP contribution in [-0.2, 0) is 4.79 Å². The van der Waals surface area contributed by atoms with Gasteiger partial charge in [-0.3, -0.25) is 9.59 Å². The molecule has 0 aliphatic carbocycles. The molecule has 0 atom stereocenters. The molecule has 25 heavy (non-hydrogen) atoms. The third-order valence-electron chi connectivity index (χ3n) is 4.28. The van der Waals surface area contributed by atoms with Crippen LogP contribution >= 0.6 is 11.3 Å². The van der Waals surface area contributed by atoms with Gasteiger partial charge in [-0.2, -0.15) is 0 Å². The van der Waals surface area contributed by atoms with E-state index in [0.717, 1.165) is 23.5 Å². The summed E-state index contributed by atoms with van der Waals surface area (Å²) in [6, 6.07) is 9.40. The number of hydrogen-bond acceptors (Lipinski definition) is 5. The Morgan fingerprint density at radius 2 is 2.00 bits per heavy atom. The monoisotopic (exact) mass is 358 g/mol. The molecule has 0 aromatic carbocycles. The number of carbonyl (C=O) groups is 2. The molecular formula is C18H22N4O2S. The van der Waals surface area contributed by atoms with Crippen molar-refractivity contribution in [2.75, 3.05) is 31.5 Å². The molecule has 0 spiro atoms. The number of amides is 2. The van der Waals surface area contributed by atoms with E-state index in [2.05, 4.69) is 15.6 Å². The number of likely N-dealkylation sites (tertiary alicyclic amines) is 1. The first-order valence-corrected chi connectivity index (χ1v) is 9.37. The van der Waals surface area contributed by atoms with E-state index in [-0.39, 0.29) is 17.7 Å². The highest BCUT2D eigenvalue weighted by Gasteiger charge is 2.27. The number of nitrogens with one attached hydrogen (secondary N) is 2. The summed E-state index contributed by atoms with van der Waals surface area (Å²) < 4.78 is 0. The molecule has 2 aromatic heterocycles. The number of carbonyl (C=O) groups excluding carboxylic acids is 2. The van der Waals surface area contributed by atoms with Gasteiger partial charge in [0, 0.05) is 38.3 Å². The minimum Gasteiger partial charge on any atom is -0.368 e. The van der Waals surface area contributed by atoms with Crippen molar-refractivity contribution in [2.45, 2.75) is 12.8 Å². The van der Waals surface area contributed by atoms with Crippen molar-refractivity contribution < 1.29 is 9.59 Å². The van der Waals surface area contributed by atoms with E-state index in [4.69, 9.17) is 0 Å². The van der Waals surface area contributed by atoms with Gasteiger partial charge in [-0.15, -0.1) is 11.3 Å². The number of aromatic nitrogens is 1. The van der Waals surface area contributed by atoms with E-state index < -0.39 is 0 Å². The van der Waals surface area contributed by atoms with Crippen molar-refractivity contribution in [3.8, 4) is 0 Å². The van der Waals surface area contributed by atoms with Crippen LogP contribution in [0.25, 0.3) is 0 Å². The molecule has 0 bridgehead atoms. The van der Waals surface area contributed by atoms with Gasteiger partial charge in [-0.1, -0.05) is 12.1 Å². The molecule has 6 nitrogen and oxygen atoms in total. The van der Waals surface area contributed by atoms with Crippen LogP contribution in [-0.4, -0.2) is 47.9 Å². The molecular weight excluding hydrogens is 336 g/mol. The van der Waals surface area contributed by atoms with Gasteiger partial charge in [0.25, 0.3) is 5.91 Å². The Kier molecular flexibility index (Phi) is 6.00. The maximum absolute atomic E-state index is 12.3. The lowest BCUT2D eigenvalue weighted by Gasteiger charge is -2.31. The molecule has 0 saturated carbocycles. The summed E-state index contributed by atoms with van der Waals surface area (Å²) in [5, 5.41) is 8.04. The number of nitrogens with zero attached hydrogens (tertiary/aromatic N) is 2. The van der Waals surface area contributed by atoms with Crippen molar-refractivity contribution >= 4 is 29.0 Å². The third-order valence-corrected chi connectivity index (χ3v) is 5.14. The molecule has 0 radical (unpaired) electrons. The standard InChI is InChI=1S/C18H22N4O2S/c23-17(21-10-9-20-16-5-1-2-8-19-16)14-6-11-22(12-7-14)18(24)15-4-3-13-25-15/h1-5,8,13-14H,6-7,9-12H2,(H,19,20)(H,21,23). The Morgan fingerprint density at radius 3 is 2.68 bits per heavy atom. The number of thiophene rings is 1. The van der Waals surface area contributed by atoms with Gasteiger partial charge in [0.2, 0.25) is 5.91 Å². The predicted molar refractivity (Wildman–Crippen MR) is 98.7 cm³/mol. The first-order valence-electron chi connectivity index (χ1n) is 8.49. The van der Waals surface area contributed by atoms with Crippen LogP contribution in [0.4, 0.5) is 5.82 Å². The molecule has 132 valence electrons. The Hall–Kier alpha value is -2.41. The van der Waals surface area contributed by atoms with E-state index in [1.807, 2.05) is 40.6 Å². The number of hydrogen-bond donors (Lipinski definition) is 2. The molecule has 1 saturated heterocycles. The summed E-state index contributed by atoms with van der Waals surface area (Å²) >= 11 is 1.46. The summed E-state index contributed by atoms with van der Waals surface area (Å²) in [6.45, 7) is 2.48. The van der Waals surface area contributed by atoms with Crippen molar-refractivity contribution in [3.05, 3.63) is 46.8 Å². The highest BCUT2D eigenvalue weighted by atomic mass is 32.1. The normalized spacial score (nSPS) is 15.0. The van der Waals surface area contributed by atoms with Gasteiger partial charge in [0.1, 0.15) is 5.82 Å². The van der Waals surface area contributed by atoms with Gasteiger partial charge in [-0.05, 0) is 36.4 Å². The van der Waals surface area contributed by atoms with Crippen LogP contribution < -0.4 is 10.6 Å². The van der Waals surface area contributed by atoms with E-state index in [0.29, 0.717) is 26.2 Å². The molecule has 1 fully saturated rings. The number of pyridine rings is 1. The van der Waals surface area contributed by atoms with Gasteiger partial charge in [0.15, 0.2) is 0 Å². The summed E-state index contributed by atoms with van der Waals surface area (Å²) in [7, 11) is 0. The maximum atomic E-state index is 12.3. The summed E-state index contributed by atoms with van der Waals surface area (Å²) in [5.74, 6) is 0.943. The molecule has 1 aliphatic rings. The fourth-order valence-electron chi connectivity index (χ4n) is 2.89. The Labute approximate surface area is 151 Å². The fourth-order valence-corrected chi connectivity index (χ4v) is 3.58. The zero-order chi connectivity index (χ0) is 17.5. The largest absolute Gasteiger partial charge is 0.368 e. The van der Waals surface area contributed by atoms with Crippen LogP contribution in [0.15, 0.2) is 41.9 Å². The second-order valence-electron chi connectivity index (χ2n) is 5.98. The molecule has 0 unspecified atom stereocenters. The lowest BCUT2D eigenvalue weighted by molar-refractivity contribution is -0.126. The first kappa shape index (κ1) is 17.4. The van der Waals surface area contributed by atoms with Crippen molar-refractivity contribution in [2.24, 2.45) is 5.92 Å². The van der Waals surface area contributed by atoms with E-state index in [1.54, 1.807) is 6.20 Å². The van der Waals surface area contributed by atoms with Crippen LogP contribution in [0.3, 0.4) is 0 Å². The Balaban J connectivity index is 1.36. The van der Waals surface area contributed by atoms with Gasteiger partial charge in [0.05, 0.1) is 4.88 Å². The third kappa shape index (κ3) is 4.79. The first-order chi connectivity index (χ1) is 12.2. The van der Waals surface area contributed by atoms with E-state index >= 15 is 0 Å². The van der Waals surface area contributed by atoms with Crippen LogP contribution in [0.2, 0.25) is 0 Å². The SMILES string of the molecule is O=C(NCCNc1ccccn1)C1CCN(C(=O)c2cccs2)CC1. The lowest BCUT2D eigenvalue weighted by atomic mass is 9.96. The second kappa shape index (κ2) is 8.62. The van der Waals surface area contributed by atoms with Crippen molar-refractivity contribution in [1.29, 1.82) is 0 Å². The molecule has 2 aromatic rings. The Morgan fingerprint density at radius 1 is 1.16 bits per heavy atom. The van der Waals surface area contributed by atoms with Crippen LogP contribution in [0.1, 0.15) is 22.5 Å². The molecule has 7 heteroatoms. The summed E-state index contributed by atoms with van der Waals surface area (Å²) in [6.07, 6.45) is 3.17. The van der Waals surface area contributed by atoms with Crippen molar-refractivity contribution in [1.82, 2.24) is 15.2 Å². The van der Waals surface area contributed by atoms with Gasteiger partial charge >= 0.3 is 0 Å². The van der Waals surface area contributed by atoms with E-state index in [9.17, 15) is 9.59 Å². The average molecular weight is 358 g/mol. The number of rotatable bonds is 6. The number of piperidine rings is 1. The minimum absolute atomic E-state index is 0.0118. The van der Waals surface area contributed by atoms with Gasteiger partial charge in [-0.25, -0.2) is 4.98 Å². The van der Waals surface area contributed by atoms with E-state index in [1.165, 1.54) is 11.3 Å². The van der Waals surface area contributed by atoms with Crippen molar-refractivity contribution in [3.63, 3.8) is 0 Å². The summed E-state index contributed by atoms with van der Waals surface area (Å²) in [4.78, 5) is 31.3. The Bertz CT molecular complexity index is 682. The molecule has 1 aliphatic heterocycles. The summed E-state index contributed by atoms with van der Waals surface area (Å²) in [5.41, 5.74) is 0. The highest BCUT2D eigenvalue weighted by molar-refractivity contribution is 7.12. The van der Waals surface area contributed by atoms with Crippen LogP contribution in [0.5, 0.6) is 0 Å². The quantitative estimate of drug-likeness (QED) is 0.777. The second-order valence-corrected chi connectivity index (χ2v) is 6.92. The molecule has 2 amide bonds. The predicted octanol–water partition coefficient (Wildman–Crippen LogP) is 2.22. The zero-order valence-corrected chi connectivity index (χ0v) is 14.8. The smallest absolute Gasteiger partial charge is 0.263 e. The maximum Gasteiger partial charge on any atom is 0.263 e. The van der Waals surface area contributed by atoms with Crippen LogP contribution in [0, 0.1) is 5.92 Å². The fraction of sp³-hybridized carbons (Fsp3) is 0.389. The van der Waals surface area contributed by atoms with Gasteiger partial charge < -0.3 is 15.5 Å². The lowest BCUT2D eigenvalue weighted by Crippen LogP contribution is -2.43. The minimum atomic E-state index is -0.0118. The zero-order valence-electron chi connectivity index (χ0n) is 14.0. The number of anilines is 1. The highest BCUT2D eigenvalue weighted by Crippen LogP contribution is 2.20. The topological polar surface area (TPSA) is 74.3 Å².